The number of benzene rings is 3. The number of nitrogens with zero attached hydrogens (tertiary/aromatic N) is 1. The lowest BCUT2D eigenvalue weighted by Crippen LogP contribution is -2.40. The lowest BCUT2D eigenvalue weighted by Gasteiger charge is -2.27. The van der Waals surface area contributed by atoms with Crippen LogP contribution in [0.4, 0.5) is 5.69 Å². The number of rotatable bonds is 7. The van der Waals surface area contributed by atoms with Crippen LogP contribution in [0, 0.1) is 0 Å². The average Bonchev–Trinajstić information content (AvgIpc) is 3.26. The van der Waals surface area contributed by atoms with Gasteiger partial charge in [-0.25, -0.2) is 0 Å². The van der Waals surface area contributed by atoms with Gasteiger partial charge in [-0.2, -0.15) is 0 Å². The number of amides is 1. The normalized spacial score (nSPS) is 16.2. The third kappa shape index (κ3) is 4.86. The highest BCUT2D eigenvalue weighted by molar-refractivity contribution is 5.77. The molecule has 1 aliphatic heterocycles. The van der Waals surface area contributed by atoms with E-state index in [0.717, 1.165) is 13.0 Å². The van der Waals surface area contributed by atoms with Crippen LogP contribution in [0.25, 0.3) is 0 Å². The largest absolute Gasteiger partial charge is 0.367 e. The molecule has 0 saturated carbocycles. The summed E-state index contributed by atoms with van der Waals surface area (Å²) >= 11 is 0. The zero-order valence-corrected chi connectivity index (χ0v) is 16.7. The number of hydrogen-bond donors (Lipinski definition) is 1. The molecule has 3 aromatic carbocycles. The van der Waals surface area contributed by atoms with E-state index in [-0.39, 0.29) is 11.8 Å². The summed E-state index contributed by atoms with van der Waals surface area (Å²) < 4.78 is 0. The van der Waals surface area contributed by atoms with E-state index in [1.165, 1.54) is 23.2 Å². The first-order chi connectivity index (χ1) is 14.3. The lowest BCUT2D eigenvalue weighted by atomic mass is 9.88. The molecular formula is C26H28N2O. The van der Waals surface area contributed by atoms with E-state index >= 15 is 0 Å². The van der Waals surface area contributed by atoms with Crippen molar-refractivity contribution in [3.8, 4) is 0 Å². The van der Waals surface area contributed by atoms with Crippen LogP contribution in [0.3, 0.4) is 0 Å². The maximum atomic E-state index is 12.9. The molecule has 0 aromatic heterocycles. The van der Waals surface area contributed by atoms with E-state index < -0.39 is 0 Å². The molecular weight excluding hydrogens is 356 g/mol. The molecule has 1 N–H and O–H groups in total. The second kappa shape index (κ2) is 9.42. The Morgan fingerprint density at radius 1 is 0.862 bits per heavy atom. The quantitative estimate of drug-likeness (QED) is 0.622. The first kappa shape index (κ1) is 19.3. The van der Waals surface area contributed by atoms with Crippen molar-refractivity contribution in [1.82, 2.24) is 5.32 Å². The fourth-order valence-corrected chi connectivity index (χ4v) is 4.30. The van der Waals surface area contributed by atoms with Gasteiger partial charge in [-0.15, -0.1) is 0 Å². The summed E-state index contributed by atoms with van der Waals surface area (Å²) in [4.78, 5) is 15.3. The zero-order chi connectivity index (χ0) is 19.9. The van der Waals surface area contributed by atoms with Crippen LogP contribution in [0.2, 0.25) is 0 Å². The highest BCUT2D eigenvalue weighted by atomic mass is 16.1. The topological polar surface area (TPSA) is 32.3 Å². The van der Waals surface area contributed by atoms with Crippen LogP contribution in [0.5, 0.6) is 0 Å². The number of carbonyl (C=O) groups is 1. The Balaban J connectivity index is 1.41. The summed E-state index contributed by atoms with van der Waals surface area (Å²) in [6, 6.07) is 31.5. The van der Waals surface area contributed by atoms with Crippen LogP contribution >= 0.6 is 0 Å². The zero-order valence-electron chi connectivity index (χ0n) is 16.7. The van der Waals surface area contributed by atoms with Gasteiger partial charge < -0.3 is 10.2 Å². The standard InChI is InChI=1S/C26H28N2O/c29-26(27-20-24-17-10-18-28(24)23-15-8-3-9-16-23)19-25(21-11-4-1-5-12-21)22-13-6-2-7-14-22/h1-9,11-16,24-25H,10,17-20H2,(H,27,29). The molecule has 29 heavy (non-hydrogen) atoms. The predicted molar refractivity (Wildman–Crippen MR) is 119 cm³/mol. The van der Waals surface area contributed by atoms with E-state index in [1.54, 1.807) is 0 Å². The molecule has 148 valence electrons. The molecule has 0 bridgehead atoms. The van der Waals surface area contributed by atoms with Crippen LogP contribution in [0.15, 0.2) is 91.0 Å². The summed E-state index contributed by atoms with van der Waals surface area (Å²) in [6.45, 7) is 1.76. The molecule has 3 nitrogen and oxygen atoms in total. The Morgan fingerprint density at radius 2 is 1.41 bits per heavy atom. The van der Waals surface area contributed by atoms with Gasteiger partial charge in [0.2, 0.25) is 5.91 Å². The van der Waals surface area contributed by atoms with Gasteiger partial charge in [-0.3, -0.25) is 4.79 Å². The molecule has 4 rings (SSSR count). The van der Waals surface area contributed by atoms with Crippen LogP contribution in [-0.2, 0) is 4.79 Å². The maximum Gasteiger partial charge on any atom is 0.221 e. The summed E-state index contributed by atoms with van der Waals surface area (Å²) in [6.07, 6.45) is 2.76. The first-order valence-electron chi connectivity index (χ1n) is 10.5. The van der Waals surface area contributed by atoms with Gasteiger partial charge in [0.1, 0.15) is 0 Å². The van der Waals surface area contributed by atoms with E-state index in [2.05, 4.69) is 58.7 Å². The summed E-state index contributed by atoms with van der Waals surface area (Å²) in [5.41, 5.74) is 3.61. The monoisotopic (exact) mass is 384 g/mol. The summed E-state index contributed by atoms with van der Waals surface area (Å²) in [7, 11) is 0. The van der Waals surface area contributed by atoms with Gasteiger partial charge in [0.25, 0.3) is 0 Å². The third-order valence-corrected chi connectivity index (χ3v) is 5.79. The predicted octanol–water partition coefficient (Wildman–Crippen LogP) is 4.99. The Hall–Kier alpha value is -3.07. The minimum absolute atomic E-state index is 0.0752. The molecule has 3 heteroatoms. The van der Waals surface area contributed by atoms with Gasteiger partial charge in [0, 0.05) is 37.2 Å². The van der Waals surface area contributed by atoms with Crippen molar-refractivity contribution in [3.05, 3.63) is 102 Å². The molecule has 0 radical (unpaired) electrons. The fraction of sp³-hybridized carbons (Fsp3) is 0.269. The lowest BCUT2D eigenvalue weighted by molar-refractivity contribution is -0.121. The van der Waals surface area contributed by atoms with Gasteiger partial charge in [-0.05, 0) is 36.1 Å². The molecule has 1 fully saturated rings. The Bertz CT molecular complexity index is 856. The number of nitrogens with one attached hydrogen (secondary N) is 1. The van der Waals surface area contributed by atoms with Crippen LogP contribution in [0.1, 0.15) is 36.3 Å². The van der Waals surface area contributed by atoms with E-state index in [4.69, 9.17) is 0 Å². The van der Waals surface area contributed by atoms with Crippen LogP contribution in [-0.4, -0.2) is 25.0 Å². The van der Waals surface area contributed by atoms with Crippen molar-refractivity contribution < 1.29 is 4.79 Å². The van der Waals surface area contributed by atoms with Gasteiger partial charge in [0.15, 0.2) is 0 Å². The van der Waals surface area contributed by atoms with Gasteiger partial charge >= 0.3 is 0 Å². The van der Waals surface area contributed by atoms with E-state index in [0.29, 0.717) is 19.0 Å². The maximum absolute atomic E-state index is 12.9. The van der Waals surface area contributed by atoms with E-state index in [1.807, 2.05) is 42.5 Å². The molecule has 1 saturated heterocycles. The second-order valence-corrected chi connectivity index (χ2v) is 7.71. The first-order valence-corrected chi connectivity index (χ1v) is 10.5. The molecule has 1 atom stereocenters. The van der Waals surface area contributed by atoms with Crippen molar-refractivity contribution in [2.75, 3.05) is 18.0 Å². The van der Waals surface area contributed by atoms with Gasteiger partial charge in [-0.1, -0.05) is 78.9 Å². The molecule has 1 amide bonds. The van der Waals surface area contributed by atoms with Crippen molar-refractivity contribution in [2.24, 2.45) is 0 Å². The molecule has 1 unspecified atom stereocenters. The highest BCUT2D eigenvalue weighted by Gasteiger charge is 2.25. The number of carbonyl (C=O) groups excluding carboxylic acids is 1. The molecule has 3 aromatic rings. The van der Waals surface area contributed by atoms with Gasteiger partial charge in [0.05, 0.1) is 0 Å². The van der Waals surface area contributed by atoms with Crippen molar-refractivity contribution in [3.63, 3.8) is 0 Å². The second-order valence-electron chi connectivity index (χ2n) is 7.71. The third-order valence-electron chi connectivity index (χ3n) is 5.79. The summed E-state index contributed by atoms with van der Waals surface area (Å²) in [5, 5.41) is 3.21. The highest BCUT2D eigenvalue weighted by Crippen LogP contribution is 2.28. The molecule has 0 aliphatic carbocycles. The SMILES string of the molecule is O=C(CC(c1ccccc1)c1ccccc1)NCC1CCCN1c1ccccc1. The Labute approximate surface area is 173 Å². The van der Waals surface area contributed by atoms with Crippen molar-refractivity contribution in [1.29, 1.82) is 0 Å². The molecule has 0 spiro atoms. The number of para-hydroxylation sites is 1. The average molecular weight is 385 g/mol. The molecule has 1 heterocycles. The number of hydrogen-bond acceptors (Lipinski definition) is 2. The van der Waals surface area contributed by atoms with Crippen LogP contribution < -0.4 is 10.2 Å². The van der Waals surface area contributed by atoms with Crippen molar-refractivity contribution >= 4 is 11.6 Å². The summed E-state index contributed by atoms with van der Waals surface area (Å²) in [5.74, 6) is 0.189. The van der Waals surface area contributed by atoms with E-state index in [9.17, 15) is 4.79 Å². The number of anilines is 1. The van der Waals surface area contributed by atoms with Crippen molar-refractivity contribution in [2.45, 2.75) is 31.2 Å². The Kier molecular flexibility index (Phi) is 6.25. The minimum atomic E-state index is 0.0752. The molecule has 1 aliphatic rings. The minimum Gasteiger partial charge on any atom is -0.367 e. The fourth-order valence-electron chi connectivity index (χ4n) is 4.30. The Morgan fingerprint density at radius 3 is 2.00 bits per heavy atom. The smallest absolute Gasteiger partial charge is 0.221 e.